The second kappa shape index (κ2) is 5.36. The lowest BCUT2D eigenvalue weighted by Crippen LogP contribution is -2.31. The topological polar surface area (TPSA) is 12.5 Å². The van der Waals surface area contributed by atoms with Crippen LogP contribution in [0.2, 0.25) is 5.02 Å². The average molecular weight is 300 g/mol. The van der Waals surface area contributed by atoms with Crippen molar-refractivity contribution < 1.29 is 4.84 Å². The van der Waals surface area contributed by atoms with Crippen LogP contribution in [0.4, 0.5) is 5.69 Å². The molecule has 3 heteroatoms. The molecule has 0 amide bonds. The predicted molar refractivity (Wildman–Crippen MR) is 85.7 cm³/mol. The summed E-state index contributed by atoms with van der Waals surface area (Å²) in [5.41, 5.74) is 3.92. The minimum absolute atomic E-state index is 0.316. The van der Waals surface area contributed by atoms with E-state index in [4.69, 9.17) is 16.4 Å². The number of nitrogens with zero attached hydrogens (tertiary/aromatic N) is 1. The monoisotopic (exact) mass is 299 g/mol. The van der Waals surface area contributed by atoms with E-state index in [9.17, 15) is 0 Å². The molecule has 0 spiro atoms. The van der Waals surface area contributed by atoms with Crippen molar-refractivity contribution in [3.63, 3.8) is 0 Å². The highest BCUT2D eigenvalue weighted by Crippen LogP contribution is 2.40. The van der Waals surface area contributed by atoms with E-state index < -0.39 is 0 Å². The Hall–Kier alpha value is -1.51. The Balaban J connectivity index is 1.52. The van der Waals surface area contributed by atoms with E-state index >= 15 is 0 Å². The molecule has 1 saturated heterocycles. The molecule has 2 heterocycles. The lowest BCUT2D eigenvalue weighted by atomic mass is 10.0. The number of aryl methyl sites for hydroxylation is 1. The number of benzene rings is 2. The van der Waals surface area contributed by atoms with Gasteiger partial charge in [0, 0.05) is 11.4 Å². The standard InChI is InChI=1S/C18H18ClNO/c19-15-7-9-18-14(10-15)11-17-12-16(20(18)21-17)8-6-13-4-2-1-3-5-13/h1-5,7,9-10,16-17H,6,8,11-12H2/t16-,17-/m1/s1. The lowest BCUT2D eigenvalue weighted by Gasteiger charge is -2.30. The highest BCUT2D eigenvalue weighted by molar-refractivity contribution is 6.30. The van der Waals surface area contributed by atoms with E-state index in [1.54, 1.807) is 0 Å². The van der Waals surface area contributed by atoms with E-state index in [2.05, 4.69) is 47.5 Å². The third-order valence-electron chi connectivity index (χ3n) is 4.46. The van der Waals surface area contributed by atoms with Gasteiger partial charge in [-0.1, -0.05) is 41.9 Å². The molecule has 2 bridgehead atoms. The quantitative estimate of drug-likeness (QED) is 0.832. The van der Waals surface area contributed by atoms with Gasteiger partial charge in [-0.05, 0) is 48.6 Å². The van der Waals surface area contributed by atoms with Crippen LogP contribution >= 0.6 is 11.6 Å². The van der Waals surface area contributed by atoms with Crippen LogP contribution in [0.5, 0.6) is 0 Å². The van der Waals surface area contributed by atoms with E-state index in [1.165, 1.54) is 16.8 Å². The van der Waals surface area contributed by atoms with Crippen LogP contribution in [0.25, 0.3) is 0 Å². The zero-order chi connectivity index (χ0) is 14.2. The van der Waals surface area contributed by atoms with Crippen molar-refractivity contribution in [2.45, 2.75) is 37.8 Å². The van der Waals surface area contributed by atoms with Crippen LogP contribution < -0.4 is 5.06 Å². The normalized spacial score (nSPS) is 23.2. The summed E-state index contributed by atoms with van der Waals surface area (Å²) in [6, 6.07) is 17.3. The smallest absolute Gasteiger partial charge is 0.0918 e. The number of rotatable bonds is 3. The molecule has 0 aromatic heterocycles. The number of fused-ring (bicyclic) bond motifs is 4. The highest BCUT2D eigenvalue weighted by Gasteiger charge is 2.38. The molecule has 21 heavy (non-hydrogen) atoms. The van der Waals surface area contributed by atoms with Gasteiger partial charge in [-0.2, -0.15) is 0 Å². The third kappa shape index (κ3) is 2.54. The molecule has 0 unspecified atom stereocenters. The molecule has 0 aliphatic carbocycles. The van der Waals surface area contributed by atoms with Gasteiger partial charge in [0.05, 0.1) is 17.8 Å². The van der Waals surface area contributed by atoms with Crippen molar-refractivity contribution in [3.8, 4) is 0 Å². The van der Waals surface area contributed by atoms with Gasteiger partial charge in [0.25, 0.3) is 0 Å². The molecular weight excluding hydrogens is 282 g/mol. The maximum absolute atomic E-state index is 6.11. The zero-order valence-electron chi connectivity index (χ0n) is 11.8. The fraction of sp³-hybridized carbons (Fsp3) is 0.333. The first-order valence-corrected chi connectivity index (χ1v) is 7.96. The zero-order valence-corrected chi connectivity index (χ0v) is 12.6. The first kappa shape index (κ1) is 13.2. The number of hydrogen-bond donors (Lipinski definition) is 0. The Morgan fingerprint density at radius 3 is 2.86 bits per heavy atom. The number of halogens is 1. The highest BCUT2D eigenvalue weighted by atomic mass is 35.5. The average Bonchev–Trinajstić information content (AvgIpc) is 2.83. The summed E-state index contributed by atoms with van der Waals surface area (Å²) in [4.78, 5) is 6.05. The molecule has 2 aliphatic rings. The number of hydrogen-bond acceptors (Lipinski definition) is 2. The Kier molecular flexibility index (Phi) is 3.36. The summed E-state index contributed by atoms with van der Waals surface area (Å²) in [6.07, 6.45) is 4.63. The van der Waals surface area contributed by atoms with Crippen LogP contribution in [-0.2, 0) is 17.7 Å². The molecule has 108 valence electrons. The number of hydroxylamine groups is 1. The van der Waals surface area contributed by atoms with Crippen molar-refractivity contribution in [1.82, 2.24) is 0 Å². The van der Waals surface area contributed by atoms with Crippen molar-refractivity contribution >= 4 is 17.3 Å². The van der Waals surface area contributed by atoms with Crippen molar-refractivity contribution in [1.29, 1.82) is 0 Å². The molecule has 0 saturated carbocycles. The van der Waals surface area contributed by atoms with Gasteiger partial charge >= 0.3 is 0 Å². The minimum Gasteiger partial charge on any atom is -0.269 e. The van der Waals surface area contributed by atoms with Gasteiger partial charge in [0.15, 0.2) is 0 Å². The summed E-state index contributed by atoms with van der Waals surface area (Å²) < 4.78 is 0. The van der Waals surface area contributed by atoms with E-state index in [1.807, 2.05) is 6.07 Å². The predicted octanol–water partition coefficient (Wildman–Crippen LogP) is 4.41. The molecule has 0 radical (unpaired) electrons. The van der Waals surface area contributed by atoms with Gasteiger partial charge in [-0.25, -0.2) is 0 Å². The summed E-state index contributed by atoms with van der Waals surface area (Å²) in [5, 5.41) is 2.94. The molecule has 2 aromatic rings. The summed E-state index contributed by atoms with van der Waals surface area (Å²) in [7, 11) is 0. The summed E-state index contributed by atoms with van der Waals surface area (Å²) in [5.74, 6) is 0. The molecule has 2 aliphatic heterocycles. The van der Waals surface area contributed by atoms with Gasteiger partial charge in [-0.15, -0.1) is 0 Å². The van der Waals surface area contributed by atoms with Crippen molar-refractivity contribution in [3.05, 3.63) is 64.7 Å². The van der Waals surface area contributed by atoms with Crippen LogP contribution in [-0.4, -0.2) is 12.1 Å². The fourth-order valence-corrected chi connectivity index (χ4v) is 3.65. The van der Waals surface area contributed by atoms with Gasteiger partial charge in [-0.3, -0.25) is 9.90 Å². The number of anilines is 1. The molecule has 1 fully saturated rings. The summed E-state index contributed by atoms with van der Waals surface area (Å²) in [6.45, 7) is 0. The van der Waals surface area contributed by atoms with Crippen LogP contribution in [0, 0.1) is 0 Å². The van der Waals surface area contributed by atoms with Crippen molar-refractivity contribution in [2.24, 2.45) is 0 Å². The van der Waals surface area contributed by atoms with Gasteiger partial charge in [0.2, 0.25) is 0 Å². The van der Waals surface area contributed by atoms with E-state index in [0.29, 0.717) is 12.1 Å². The third-order valence-corrected chi connectivity index (χ3v) is 4.70. The fourth-order valence-electron chi connectivity index (χ4n) is 3.45. The molecule has 2 nitrogen and oxygen atoms in total. The lowest BCUT2D eigenvalue weighted by molar-refractivity contribution is 0.0731. The van der Waals surface area contributed by atoms with Crippen LogP contribution in [0.3, 0.4) is 0 Å². The van der Waals surface area contributed by atoms with Gasteiger partial charge < -0.3 is 0 Å². The Morgan fingerprint density at radius 2 is 2.00 bits per heavy atom. The molecule has 2 aromatic carbocycles. The first-order chi connectivity index (χ1) is 10.3. The second-order valence-corrected chi connectivity index (χ2v) is 6.38. The SMILES string of the molecule is Clc1ccc2c(c1)C[C@@H]1C[C@@H](CCc3ccccc3)N2O1. The molecule has 0 N–H and O–H groups in total. The largest absolute Gasteiger partial charge is 0.269 e. The molecule has 4 rings (SSSR count). The Bertz CT molecular complexity index is 643. The Morgan fingerprint density at radius 1 is 1.14 bits per heavy atom. The van der Waals surface area contributed by atoms with Crippen LogP contribution in [0.15, 0.2) is 48.5 Å². The maximum atomic E-state index is 6.11. The second-order valence-electron chi connectivity index (χ2n) is 5.94. The van der Waals surface area contributed by atoms with E-state index in [0.717, 1.165) is 30.7 Å². The van der Waals surface area contributed by atoms with Gasteiger partial charge in [0.1, 0.15) is 0 Å². The first-order valence-electron chi connectivity index (χ1n) is 7.58. The van der Waals surface area contributed by atoms with Crippen molar-refractivity contribution in [2.75, 3.05) is 5.06 Å². The maximum Gasteiger partial charge on any atom is 0.0918 e. The minimum atomic E-state index is 0.316. The molecule has 2 atom stereocenters. The van der Waals surface area contributed by atoms with E-state index in [-0.39, 0.29) is 0 Å². The summed E-state index contributed by atoms with van der Waals surface area (Å²) >= 11 is 6.11. The molecular formula is C18H18ClNO. The van der Waals surface area contributed by atoms with Crippen LogP contribution in [0.1, 0.15) is 24.0 Å². The Labute approximate surface area is 130 Å².